The molecule has 0 unspecified atom stereocenters. The largest absolute Gasteiger partial charge is 0.508 e. The van der Waals surface area contributed by atoms with Crippen LogP contribution in [0.2, 0.25) is 0 Å². The molecule has 0 atom stereocenters. The van der Waals surface area contributed by atoms with Gasteiger partial charge in [0.05, 0.1) is 11.1 Å². The van der Waals surface area contributed by atoms with Crippen molar-refractivity contribution >= 4 is 11.9 Å². The van der Waals surface area contributed by atoms with E-state index >= 15 is 0 Å². The highest BCUT2D eigenvalue weighted by Crippen LogP contribution is 2.35. The van der Waals surface area contributed by atoms with Crippen LogP contribution in [0.3, 0.4) is 0 Å². The number of phenols is 2. The van der Waals surface area contributed by atoms with E-state index in [1.807, 2.05) is 12.1 Å². The molecule has 0 saturated carbocycles. The van der Waals surface area contributed by atoms with Crippen molar-refractivity contribution in [1.82, 2.24) is 0 Å². The number of aromatic hydroxyl groups is 2. The Hall–Kier alpha value is -5.36. The van der Waals surface area contributed by atoms with Gasteiger partial charge in [0.25, 0.3) is 0 Å². The SMILES string of the molecule is O=C(O)c1cccc(C(=O)O)c1.Oc1ccccc1.Oc1ccccc1.c1ccc2c(c1)Cc1ccccc1-2. The minimum absolute atomic E-state index is 0.0186. The molecule has 0 amide bonds. The predicted octanol–water partition coefficient (Wildman–Crippen LogP) is 7.13. The first-order valence-corrected chi connectivity index (χ1v) is 12.1. The molecule has 1 aliphatic carbocycles. The van der Waals surface area contributed by atoms with Crippen molar-refractivity contribution in [3.63, 3.8) is 0 Å². The monoisotopic (exact) mass is 520 g/mol. The maximum Gasteiger partial charge on any atom is 0.335 e. The lowest BCUT2D eigenvalue weighted by atomic mass is 10.1. The highest BCUT2D eigenvalue weighted by Gasteiger charge is 2.15. The lowest BCUT2D eigenvalue weighted by Crippen LogP contribution is -2.01. The molecule has 39 heavy (non-hydrogen) atoms. The van der Waals surface area contributed by atoms with Crippen LogP contribution in [-0.4, -0.2) is 32.4 Å². The second-order valence-corrected chi connectivity index (χ2v) is 8.35. The van der Waals surface area contributed by atoms with Crippen LogP contribution in [0.5, 0.6) is 11.5 Å². The summed E-state index contributed by atoms with van der Waals surface area (Å²) in [5.74, 6) is -1.61. The molecule has 0 fully saturated rings. The number of fused-ring (bicyclic) bond motifs is 3. The van der Waals surface area contributed by atoms with Crippen LogP contribution in [0.15, 0.2) is 133 Å². The Labute approximate surface area is 226 Å². The lowest BCUT2D eigenvalue weighted by molar-refractivity contribution is 0.0696. The summed E-state index contributed by atoms with van der Waals surface area (Å²) in [6, 6.07) is 39.9. The molecule has 0 aromatic heterocycles. The molecule has 5 aromatic carbocycles. The number of benzene rings is 5. The number of phenolic OH excluding ortho intramolecular Hbond substituents is 2. The summed E-state index contributed by atoms with van der Waals surface area (Å²) < 4.78 is 0. The number of rotatable bonds is 2. The fraction of sp³-hybridized carbons (Fsp3) is 0.0303. The molecule has 196 valence electrons. The first kappa shape index (κ1) is 28.2. The van der Waals surface area contributed by atoms with Crippen molar-refractivity contribution in [2.75, 3.05) is 0 Å². The van der Waals surface area contributed by atoms with Gasteiger partial charge in [0.1, 0.15) is 11.5 Å². The maximum atomic E-state index is 10.4. The molecule has 1 aliphatic rings. The van der Waals surface area contributed by atoms with Gasteiger partial charge >= 0.3 is 11.9 Å². The van der Waals surface area contributed by atoms with Crippen LogP contribution in [0.25, 0.3) is 11.1 Å². The van der Waals surface area contributed by atoms with Gasteiger partial charge < -0.3 is 20.4 Å². The molecule has 6 heteroatoms. The summed E-state index contributed by atoms with van der Waals surface area (Å²) in [6.45, 7) is 0. The van der Waals surface area contributed by atoms with Gasteiger partial charge in [0, 0.05) is 0 Å². The number of hydrogen-bond acceptors (Lipinski definition) is 4. The second kappa shape index (κ2) is 14.4. The average molecular weight is 521 g/mol. The van der Waals surface area contributed by atoms with Crippen molar-refractivity contribution in [1.29, 1.82) is 0 Å². The zero-order valence-electron chi connectivity index (χ0n) is 21.0. The number of para-hydroxylation sites is 2. The Kier molecular flexibility index (Phi) is 10.4. The van der Waals surface area contributed by atoms with Crippen LogP contribution >= 0.6 is 0 Å². The minimum atomic E-state index is -1.13. The fourth-order valence-corrected chi connectivity index (χ4v) is 3.72. The van der Waals surface area contributed by atoms with E-state index < -0.39 is 11.9 Å². The Bertz CT molecular complexity index is 1390. The summed E-state index contributed by atoms with van der Waals surface area (Å²) in [4.78, 5) is 20.8. The first-order chi connectivity index (χ1) is 18.8. The Morgan fingerprint density at radius 3 is 1.15 bits per heavy atom. The van der Waals surface area contributed by atoms with E-state index in [0.717, 1.165) is 12.5 Å². The van der Waals surface area contributed by atoms with Gasteiger partial charge in [0.2, 0.25) is 0 Å². The van der Waals surface area contributed by atoms with Gasteiger partial charge in [-0.05, 0) is 71.1 Å². The number of carboxylic acid groups (broad SMARTS) is 2. The first-order valence-electron chi connectivity index (χ1n) is 12.1. The molecule has 0 spiro atoms. The summed E-state index contributed by atoms with van der Waals surface area (Å²) >= 11 is 0. The number of carboxylic acids is 2. The van der Waals surface area contributed by atoms with E-state index in [-0.39, 0.29) is 11.1 Å². The van der Waals surface area contributed by atoms with Crippen LogP contribution < -0.4 is 0 Å². The average Bonchev–Trinajstić information content (AvgIpc) is 3.34. The normalized spacial score (nSPS) is 10.1. The molecule has 0 bridgehead atoms. The van der Waals surface area contributed by atoms with Crippen molar-refractivity contribution in [2.24, 2.45) is 0 Å². The summed E-state index contributed by atoms with van der Waals surface area (Å²) in [6.07, 6.45) is 1.10. The second-order valence-electron chi connectivity index (χ2n) is 8.35. The van der Waals surface area contributed by atoms with E-state index in [0.29, 0.717) is 11.5 Å². The summed E-state index contributed by atoms with van der Waals surface area (Å²) in [5.41, 5.74) is 5.72. The standard InChI is InChI=1S/C13H10.C8H6O4.2C6H6O/c1-3-7-12-10(5-1)9-11-6-2-4-8-13(11)12;9-7(10)5-2-1-3-6(4-5)8(11)12;2*7-6-4-2-1-3-5-6/h1-8H,9H2;1-4H,(H,9,10)(H,11,12);2*1-5,7H. The lowest BCUT2D eigenvalue weighted by Gasteiger charge is -1.98. The third-order valence-corrected chi connectivity index (χ3v) is 5.57. The molecule has 0 radical (unpaired) electrons. The highest BCUT2D eigenvalue weighted by atomic mass is 16.4. The van der Waals surface area contributed by atoms with Gasteiger partial charge in [-0.1, -0.05) is 91.0 Å². The van der Waals surface area contributed by atoms with E-state index in [1.165, 1.54) is 40.5 Å². The molecular formula is C33H28O6. The van der Waals surface area contributed by atoms with Crippen molar-refractivity contribution in [3.8, 4) is 22.6 Å². The minimum Gasteiger partial charge on any atom is -0.508 e. The third kappa shape index (κ3) is 8.91. The van der Waals surface area contributed by atoms with E-state index in [1.54, 1.807) is 48.5 Å². The number of aromatic carboxylic acids is 2. The molecule has 0 saturated heterocycles. The number of hydrogen-bond donors (Lipinski definition) is 4. The number of carbonyl (C=O) groups is 2. The van der Waals surface area contributed by atoms with Gasteiger partial charge in [-0.2, -0.15) is 0 Å². The van der Waals surface area contributed by atoms with Crippen LogP contribution in [0.4, 0.5) is 0 Å². The predicted molar refractivity (Wildman–Crippen MR) is 151 cm³/mol. The fourth-order valence-electron chi connectivity index (χ4n) is 3.72. The van der Waals surface area contributed by atoms with Crippen molar-refractivity contribution in [3.05, 3.63) is 156 Å². The van der Waals surface area contributed by atoms with Gasteiger partial charge in [-0.25, -0.2) is 9.59 Å². The zero-order valence-corrected chi connectivity index (χ0v) is 21.0. The summed E-state index contributed by atoms with van der Waals surface area (Å²) in [5, 5.41) is 34.3. The van der Waals surface area contributed by atoms with Crippen molar-refractivity contribution in [2.45, 2.75) is 6.42 Å². The Morgan fingerprint density at radius 1 is 0.462 bits per heavy atom. The van der Waals surface area contributed by atoms with Crippen molar-refractivity contribution < 1.29 is 30.0 Å². The Balaban J connectivity index is 0.000000150. The molecule has 0 heterocycles. The molecule has 6 nitrogen and oxygen atoms in total. The molecule has 0 aliphatic heterocycles. The smallest absolute Gasteiger partial charge is 0.335 e. The maximum absolute atomic E-state index is 10.4. The molecule has 4 N–H and O–H groups in total. The van der Waals surface area contributed by atoms with Gasteiger partial charge in [-0.3, -0.25) is 0 Å². The van der Waals surface area contributed by atoms with Crippen LogP contribution in [0, 0.1) is 0 Å². The molecule has 5 aromatic rings. The quantitative estimate of drug-likeness (QED) is 0.193. The van der Waals surface area contributed by atoms with E-state index in [9.17, 15) is 9.59 Å². The van der Waals surface area contributed by atoms with Crippen LogP contribution in [-0.2, 0) is 6.42 Å². The van der Waals surface area contributed by atoms with Gasteiger partial charge in [0.15, 0.2) is 0 Å². The van der Waals surface area contributed by atoms with Crippen LogP contribution in [0.1, 0.15) is 31.8 Å². The van der Waals surface area contributed by atoms with Gasteiger partial charge in [-0.15, -0.1) is 0 Å². The Morgan fingerprint density at radius 2 is 0.821 bits per heavy atom. The molecule has 6 rings (SSSR count). The third-order valence-electron chi connectivity index (χ3n) is 5.57. The van der Waals surface area contributed by atoms with E-state index in [4.69, 9.17) is 20.4 Å². The highest BCUT2D eigenvalue weighted by molar-refractivity contribution is 5.93. The molecular weight excluding hydrogens is 492 g/mol. The topological polar surface area (TPSA) is 115 Å². The van der Waals surface area contributed by atoms with E-state index in [2.05, 4.69) is 48.5 Å². The zero-order chi connectivity index (χ0) is 28.0. The summed E-state index contributed by atoms with van der Waals surface area (Å²) in [7, 11) is 0.